The van der Waals surface area contributed by atoms with Gasteiger partial charge in [0.2, 0.25) is 0 Å². The zero-order valence-electron chi connectivity index (χ0n) is 26.4. The molecule has 0 saturated carbocycles. The SMILES string of the molecule is CSc1ncc2cc(N3CCN(C(=O)OCc4ccccc4)c4c(C)cccc43)c(=O)n(CCN(C)C(=O)OC(C)(C)C)c2n1. The van der Waals surface area contributed by atoms with Crippen molar-refractivity contribution in [2.45, 2.75) is 51.6 Å². The van der Waals surface area contributed by atoms with Gasteiger partial charge in [-0.1, -0.05) is 54.2 Å². The van der Waals surface area contributed by atoms with Crippen LogP contribution < -0.4 is 15.4 Å². The van der Waals surface area contributed by atoms with Gasteiger partial charge in [0.05, 0.1) is 11.4 Å². The van der Waals surface area contributed by atoms with Crippen molar-refractivity contribution < 1.29 is 19.1 Å². The highest BCUT2D eigenvalue weighted by Gasteiger charge is 2.32. The standard InChI is InChI=1S/C33H38N6O5S/c1-22-11-10-14-25-27(22)38(32(42)43-21-23-12-8-7-9-13-23)18-17-37(25)26-19-24-20-34-30(45-6)35-28(24)39(29(26)40)16-15-36(5)31(41)44-33(2,3)4/h7-14,19-20H,15-18,21H2,1-6H3. The first-order valence-electron chi connectivity index (χ1n) is 14.7. The summed E-state index contributed by atoms with van der Waals surface area (Å²) in [4.78, 5) is 54.4. The van der Waals surface area contributed by atoms with Gasteiger partial charge in [0.25, 0.3) is 5.56 Å². The molecule has 0 N–H and O–H groups in total. The van der Waals surface area contributed by atoms with Crippen LogP contribution in [0.15, 0.2) is 70.7 Å². The first-order chi connectivity index (χ1) is 21.5. The summed E-state index contributed by atoms with van der Waals surface area (Å²) in [6.45, 7) is 8.61. The maximum absolute atomic E-state index is 14.3. The number of amides is 2. The van der Waals surface area contributed by atoms with Gasteiger partial charge in [0, 0.05) is 44.8 Å². The number of para-hydroxylation sites is 1. The number of benzene rings is 2. The molecular formula is C33H38N6O5S. The molecule has 0 atom stereocenters. The van der Waals surface area contributed by atoms with E-state index in [-0.39, 0.29) is 25.3 Å². The van der Waals surface area contributed by atoms with Gasteiger partial charge in [-0.2, -0.15) is 0 Å². The molecule has 0 bridgehead atoms. The van der Waals surface area contributed by atoms with E-state index in [2.05, 4.69) is 9.97 Å². The van der Waals surface area contributed by atoms with E-state index in [9.17, 15) is 14.4 Å². The van der Waals surface area contributed by atoms with Gasteiger partial charge >= 0.3 is 12.2 Å². The van der Waals surface area contributed by atoms with Gasteiger partial charge in [-0.05, 0) is 57.2 Å². The molecule has 5 rings (SSSR count). The lowest BCUT2D eigenvalue weighted by molar-refractivity contribution is 0.0293. The van der Waals surface area contributed by atoms with Crippen molar-refractivity contribution in [3.63, 3.8) is 0 Å². The molecule has 0 aliphatic carbocycles. The molecule has 2 aromatic heterocycles. The molecule has 4 aromatic rings. The number of anilines is 3. The first kappa shape index (κ1) is 31.8. The average molecular weight is 631 g/mol. The number of hydrogen-bond acceptors (Lipinski definition) is 9. The van der Waals surface area contributed by atoms with Crippen LogP contribution in [0.1, 0.15) is 31.9 Å². The Bertz CT molecular complexity index is 1770. The van der Waals surface area contributed by atoms with Crippen LogP contribution in [0.5, 0.6) is 0 Å². The van der Waals surface area contributed by atoms with Crippen LogP contribution in [-0.2, 0) is 22.6 Å². The van der Waals surface area contributed by atoms with Gasteiger partial charge in [0.15, 0.2) is 5.16 Å². The van der Waals surface area contributed by atoms with E-state index in [4.69, 9.17) is 9.47 Å². The lowest BCUT2D eigenvalue weighted by atomic mass is 10.1. The summed E-state index contributed by atoms with van der Waals surface area (Å²) in [6.07, 6.45) is 2.65. The zero-order valence-corrected chi connectivity index (χ0v) is 27.3. The van der Waals surface area contributed by atoms with Crippen molar-refractivity contribution in [2.24, 2.45) is 0 Å². The Balaban J connectivity index is 1.50. The van der Waals surface area contributed by atoms with E-state index < -0.39 is 17.8 Å². The largest absolute Gasteiger partial charge is 0.444 e. The predicted molar refractivity (Wildman–Crippen MR) is 177 cm³/mol. The van der Waals surface area contributed by atoms with Gasteiger partial charge in [-0.15, -0.1) is 0 Å². The van der Waals surface area contributed by atoms with Crippen LogP contribution in [0.2, 0.25) is 0 Å². The van der Waals surface area contributed by atoms with Gasteiger partial charge < -0.3 is 19.3 Å². The van der Waals surface area contributed by atoms with Crippen molar-refractivity contribution >= 4 is 52.0 Å². The topological polar surface area (TPSA) is 110 Å². The molecular weight excluding hydrogens is 592 g/mol. The van der Waals surface area contributed by atoms with E-state index in [1.165, 1.54) is 16.7 Å². The molecule has 0 unspecified atom stereocenters. The van der Waals surface area contributed by atoms with Crippen LogP contribution in [0.4, 0.5) is 26.7 Å². The number of aromatic nitrogens is 3. The number of nitrogens with zero attached hydrogens (tertiary/aromatic N) is 6. The van der Waals surface area contributed by atoms with Crippen LogP contribution in [-0.4, -0.2) is 70.2 Å². The van der Waals surface area contributed by atoms with E-state index in [0.717, 1.165) is 11.1 Å². The van der Waals surface area contributed by atoms with E-state index in [0.29, 0.717) is 46.3 Å². The summed E-state index contributed by atoms with van der Waals surface area (Å²) in [5.41, 5.74) is 3.17. The van der Waals surface area contributed by atoms with Crippen molar-refractivity contribution in [3.05, 3.63) is 82.3 Å². The third kappa shape index (κ3) is 7.06. The maximum atomic E-state index is 14.3. The van der Waals surface area contributed by atoms with Gasteiger partial charge in [-0.25, -0.2) is 19.6 Å². The quantitative estimate of drug-likeness (QED) is 0.180. The minimum absolute atomic E-state index is 0.159. The summed E-state index contributed by atoms with van der Waals surface area (Å²) < 4.78 is 12.8. The lowest BCUT2D eigenvalue weighted by Crippen LogP contribution is -2.45. The lowest BCUT2D eigenvalue weighted by Gasteiger charge is -2.38. The van der Waals surface area contributed by atoms with Gasteiger partial charge in [-0.3, -0.25) is 14.3 Å². The Hall–Kier alpha value is -4.58. The monoisotopic (exact) mass is 630 g/mol. The summed E-state index contributed by atoms with van der Waals surface area (Å²) >= 11 is 1.38. The molecule has 236 valence electrons. The van der Waals surface area contributed by atoms with E-state index in [1.54, 1.807) is 28.8 Å². The summed E-state index contributed by atoms with van der Waals surface area (Å²) in [7, 11) is 1.64. The summed E-state index contributed by atoms with van der Waals surface area (Å²) in [6, 6.07) is 17.1. The number of pyridine rings is 1. The smallest absolute Gasteiger partial charge is 0.414 e. The first-order valence-corrected chi connectivity index (χ1v) is 15.9. The van der Waals surface area contributed by atoms with Crippen LogP contribution in [0.25, 0.3) is 11.0 Å². The second-order valence-corrected chi connectivity index (χ2v) is 12.6. The molecule has 2 aromatic carbocycles. The average Bonchev–Trinajstić information content (AvgIpc) is 3.02. The Kier molecular flexibility index (Phi) is 9.33. The number of carbonyl (C=O) groups excluding carboxylic acids is 2. The minimum Gasteiger partial charge on any atom is -0.444 e. The van der Waals surface area contributed by atoms with Crippen molar-refractivity contribution in [1.29, 1.82) is 0 Å². The predicted octanol–water partition coefficient (Wildman–Crippen LogP) is 5.98. The Labute approximate surface area is 266 Å². The molecule has 3 heterocycles. The maximum Gasteiger partial charge on any atom is 0.414 e. The van der Waals surface area contributed by atoms with Crippen molar-refractivity contribution in [1.82, 2.24) is 19.4 Å². The molecule has 1 aliphatic rings. The van der Waals surface area contributed by atoms with E-state index in [1.807, 2.05) is 87.4 Å². The highest BCUT2D eigenvalue weighted by Crippen LogP contribution is 2.40. The second kappa shape index (κ2) is 13.2. The number of thioether (sulfide) groups is 1. The van der Waals surface area contributed by atoms with Crippen LogP contribution in [0.3, 0.4) is 0 Å². The Morgan fingerprint density at radius 1 is 1.04 bits per heavy atom. The fourth-order valence-corrected chi connectivity index (χ4v) is 5.52. The Morgan fingerprint density at radius 3 is 2.51 bits per heavy atom. The Morgan fingerprint density at radius 2 is 1.80 bits per heavy atom. The third-order valence-corrected chi connectivity index (χ3v) is 7.94. The molecule has 0 saturated heterocycles. The number of hydrogen-bond donors (Lipinski definition) is 0. The van der Waals surface area contributed by atoms with Gasteiger partial charge in [0.1, 0.15) is 23.5 Å². The molecule has 45 heavy (non-hydrogen) atoms. The molecule has 0 spiro atoms. The second-order valence-electron chi connectivity index (χ2n) is 11.8. The normalized spacial score (nSPS) is 13.0. The fraction of sp³-hybridized carbons (Fsp3) is 0.364. The number of fused-ring (bicyclic) bond motifs is 2. The molecule has 2 amide bonds. The number of carbonyl (C=O) groups is 2. The highest BCUT2D eigenvalue weighted by atomic mass is 32.2. The number of aryl methyl sites for hydroxylation is 1. The molecule has 0 radical (unpaired) electrons. The summed E-state index contributed by atoms with van der Waals surface area (Å²) in [5.74, 6) is 0. The number of ether oxygens (including phenoxy) is 2. The molecule has 11 nitrogen and oxygen atoms in total. The van der Waals surface area contributed by atoms with Crippen molar-refractivity contribution in [3.8, 4) is 0 Å². The summed E-state index contributed by atoms with van der Waals surface area (Å²) in [5, 5.41) is 1.22. The highest BCUT2D eigenvalue weighted by molar-refractivity contribution is 7.98. The van der Waals surface area contributed by atoms with E-state index >= 15 is 0 Å². The van der Waals surface area contributed by atoms with Crippen molar-refractivity contribution in [2.75, 3.05) is 42.7 Å². The number of likely N-dealkylation sites (N-methyl/N-ethyl adjacent to an activating group) is 1. The molecule has 1 aliphatic heterocycles. The molecule has 12 heteroatoms. The van der Waals surface area contributed by atoms with Crippen LogP contribution in [0, 0.1) is 6.92 Å². The molecule has 0 fully saturated rings. The zero-order chi connectivity index (χ0) is 32.3. The third-order valence-electron chi connectivity index (χ3n) is 7.37. The van der Waals surface area contributed by atoms with Crippen LogP contribution >= 0.6 is 11.8 Å². The fourth-order valence-electron chi connectivity index (χ4n) is 5.18. The number of rotatable bonds is 7. The minimum atomic E-state index is -0.642.